The number of furan rings is 1. The largest absolute Gasteiger partial charge is 0.464 e. The Hall–Kier alpha value is -2.30. The van der Waals surface area contributed by atoms with Gasteiger partial charge < -0.3 is 10.2 Å². The average molecular weight is 231 g/mol. The van der Waals surface area contributed by atoms with E-state index in [1.54, 1.807) is 25.2 Å². The van der Waals surface area contributed by atoms with Crippen LogP contribution in [0.25, 0.3) is 22.2 Å². The molecule has 5 heteroatoms. The molecule has 86 valence electrons. The fourth-order valence-corrected chi connectivity index (χ4v) is 1.88. The second kappa shape index (κ2) is 3.35. The van der Waals surface area contributed by atoms with Gasteiger partial charge in [-0.05, 0) is 18.2 Å². The minimum absolute atomic E-state index is 0.336. The molecule has 0 fully saturated rings. The van der Waals surface area contributed by atoms with E-state index >= 15 is 0 Å². The highest BCUT2D eigenvalue weighted by molar-refractivity contribution is 5.93. The number of nitrogens with two attached hydrogens (primary N) is 1. The second-order valence-corrected chi connectivity index (χ2v) is 3.83. The highest BCUT2D eigenvalue weighted by atomic mass is 19.1. The van der Waals surface area contributed by atoms with Gasteiger partial charge in [-0.2, -0.15) is 5.10 Å². The van der Waals surface area contributed by atoms with Crippen LogP contribution in [-0.4, -0.2) is 9.78 Å². The number of aromatic nitrogens is 2. The second-order valence-electron chi connectivity index (χ2n) is 3.83. The number of aryl methyl sites for hydroxylation is 1. The first kappa shape index (κ1) is 9.89. The molecule has 0 aliphatic rings. The first-order chi connectivity index (χ1) is 8.16. The van der Waals surface area contributed by atoms with E-state index < -0.39 is 0 Å². The van der Waals surface area contributed by atoms with Crippen LogP contribution in [0.1, 0.15) is 0 Å². The van der Waals surface area contributed by atoms with Gasteiger partial charge in [0.25, 0.3) is 0 Å². The van der Waals surface area contributed by atoms with Crippen molar-refractivity contribution in [2.75, 3.05) is 5.73 Å². The smallest absolute Gasteiger partial charge is 0.134 e. The van der Waals surface area contributed by atoms with Crippen molar-refractivity contribution in [2.24, 2.45) is 7.05 Å². The number of benzene rings is 1. The van der Waals surface area contributed by atoms with Gasteiger partial charge in [-0.25, -0.2) is 4.39 Å². The van der Waals surface area contributed by atoms with Crippen LogP contribution in [0.4, 0.5) is 10.2 Å². The third-order valence-electron chi connectivity index (χ3n) is 2.76. The third-order valence-corrected chi connectivity index (χ3v) is 2.76. The van der Waals surface area contributed by atoms with Crippen LogP contribution in [0.2, 0.25) is 0 Å². The van der Waals surface area contributed by atoms with Crippen molar-refractivity contribution in [1.29, 1.82) is 0 Å². The molecule has 0 saturated heterocycles. The Morgan fingerprint density at radius 3 is 2.88 bits per heavy atom. The van der Waals surface area contributed by atoms with E-state index in [2.05, 4.69) is 5.10 Å². The minimum atomic E-state index is -0.336. The van der Waals surface area contributed by atoms with Gasteiger partial charge in [0, 0.05) is 24.1 Å². The maximum absolute atomic E-state index is 13.9. The van der Waals surface area contributed by atoms with Gasteiger partial charge in [0.15, 0.2) is 0 Å². The van der Waals surface area contributed by atoms with Crippen LogP contribution in [0.3, 0.4) is 0 Å². The summed E-state index contributed by atoms with van der Waals surface area (Å²) in [6.45, 7) is 0. The molecule has 17 heavy (non-hydrogen) atoms. The number of hydrogen-bond acceptors (Lipinski definition) is 3. The highest BCUT2D eigenvalue weighted by Gasteiger charge is 2.15. The van der Waals surface area contributed by atoms with Crippen molar-refractivity contribution in [3.63, 3.8) is 0 Å². The molecule has 0 radical (unpaired) electrons. The number of rotatable bonds is 1. The van der Waals surface area contributed by atoms with E-state index in [0.29, 0.717) is 28.0 Å². The van der Waals surface area contributed by atoms with Crippen LogP contribution >= 0.6 is 0 Å². The quantitative estimate of drug-likeness (QED) is 0.700. The van der Waals surface area contributed by atoms with Gasteiger partial charge in [0.05, 0.1) is 12.0 Å². The first-order valence-corrected chi connectivity index (χ1v) is 5.12. The lowest BCUT2D eigenvalue weighted by atomic mass is 10.1. The van der Waals surface area contributed by atoms with Crippen LogP contribution in [-0.2, 0) is 7.05 Å². The predicted molar refractivity (Wildman–Crippen MR) is 62.8 cm³/mol. The normalized spacial score (nSPS) is 11.2. The van der Waals surface area contributed by atoms with Gasteiger partial charge in [0.2, 0.25) is 0 Å². The molecule has 3 aromatic rings. The summed E-state index contributed by atoms with van der Waals surface area (Å²) in [5.41, 5.74) is 7.26. The number of nitrogens with zero attached hydrogens (tertiary/aromatic N) is 2. The van der Waals surface area contributed by atoms with Crippen molar-refractivity contribution in [1.82, 2.24) is 9.78 Å². The van der Waals surface area contributed by atoms with Crippen LogP contribution in [0, 0.1) is 5.82 Å². The molecule has 0 aliphatic carbocycles. The third kappa shape index (κ3) is 1.39. The highest BCUT2D eigenvalue weighted by Crippen LogP contribution is 2.31. The lowest BCUT2D eigenvalue weighted by Gasteiger charge is -2.00. The van der Waals surface area contributed by atoms with Gasteiger partial charge >= 0.3 is 0 Å². The topological polar surface area (TPSA) is 57.0 Å². The standard InChI is InChI=1S/C12H10FN3O/c1-16-11(14)6-9(15-16)12-7-4-5-17-10(7)3-2-8(12)13/h2-6H,14H2,1H3. The summed E-state index contributed by atoms with van der Waals surface area (Å²) >= 11 is 0. The van der Waals surface area contributed by atoms with Crippen molar-refractivity contribution < 1.29 is 8.81 Å². The molecular weight excluding hydrogens is 221 g/mol. The van der Waals surface area contributed by atoms with Crippen molar-refractivity contribution in [3.8, 4) is 11.3 Å². The van der Waals surface area contributed by atoms with Gasteiger partial charge in [-0.3, -0.25) is 4.68 Å². The number of hydrogen-bond donors (Lipinski definition) is 1. The molecule has 3 rings (SSSR count). The fraction of sp³-hybridized carbons (Fsp3) is 0.0833. The van der Waals surface area contributed by atoms with E-state index in [0.717, 1.165) is 0 Å². The van der Waals surface area contributed by atoms with Crippen molar-refractivity contribution in [3.05, 3.63) is 36.3 Å². The number of anilines is 1. The summed E-state index contributed by atoms with van der Waals surface area (Å²) in [4.78, 5) is 0. The maximum Gasteiger partial charge on any atom is 0.134 e. The van der Waals surface area contributed by atoms with E-state index in [9.17, 15) is 4.39 Å². The Bertz CT molecular complexity index is 679. The fourth-order valence-electron chi connectivity index (χ4n) is 1.88. The number of fused-ring (bicyclic) bond motifs is 1. The first-order valence-electron chi connectivity index (χ1n) is 5.12. The molecule has 0 atom stereocenters. The van der Waals surface area contributed by atoms with Crippen LogP contribution < -0.4 is 5.73 Å². The summed E-state index contributed by atoms with van der Waals surface area (Å²) in [5.74, 6) is 0.150. The summed E-state index contributed by atoms with van der Waals surface area (Å²) < 4.78 is 20.6. The number of nitrogen functional groups attached to an aromatic ring is 1. The Balaban J connectivity index is 2.35. The summed E-state index contributed by atoms with van der Waals surface area (Å²) in [6, 6.07) is 6.33. The SMILES string of the molecule is Cn1nc(-c2c(F)ccc3occc23)cc1N. The van der Waals surface area contributed by atoms with E-state index in [4.69, 9.17) is 10.2 Å². The molecule has 2 N–H and O–H groups in total. The molecule has 0 amide bonds. The Morgan fingerprint density at radius 2 is 2.18 bits per heavy atom. The van der Waals surface area contributed by atoms with E-state index in [1.165, 1.54) is 17.0 Å². The summed E-state index contributed by atoms with van der Waals surface area (Å²) in [5, 5.41) is 4.88. The Labute approximate surface area is 96.4 Å². The molecule has 1 aromatic carbocycles. The van der Waals surface area contributed by atoms with Gasteiger partial charge in [-0.15, -0.1) is 0 Å². The lowest BCUT2D eigenvalue weighted by molar-refractivity contribution is 0.610. The lowest BCUT2D eigenvalue weighted by Crippen LogP contribution is -1.96. The van der Waals surface area contributed by atoms with E-state index in [1.807, 2.05) is 0 Å². The molecular formula is C12H10FN3O. The Kier molecular flexibility index (Phi) is 1.95. The molecule has 0 unspecified atom stereocenters. The maximum atomic E-state index is 13.9. The molecule has 2 aromatic heterocycles. The predicted octanol–water partition coefficient (Wildman–Crippen LogP) is 2.55. The van der Waals surface area contributed by atoms with Crippen LogP contribution in [0.5, 0.6) is 0 Å². The summed E-state index contributed by atoms with van der Waals surface area (Å²) in [7, 11) is 1.71. The monoisotopic (exact) mass is 231 g/mol. The molecule has 0 saturated carbocycles. The number of halogens is 1. The zero-order valence-corrected chi connectivity index (χ0v) is 9.14. The van der Waals surface area contributed by atoms with Crippen LogP contribution in [0.15, 0.2) is 34.9 Å². The molecule has 0 aliphatic heterocycles. The Morgan fingerprint density at radius 1 is 1.35 bits per heavy atom. The van der Waals surface area contributed by atoms with E-state index in [-0.39, 0.29) is 5.82 Å². The minimum Gasteiger partial charge on any atom is -0.464 e. The van der Waals surface area contributed by atoms with Gasteiger partial charge in [0.1, 0.15) is 17.2 Å². The zero-order chi connectivity index (χ0) is 12.0. The zero-order valence-electron chi connectivity index (χ0n) is 9.14. The molecule has 2 heterocycles. The molecule has 0 spiro atoms. The van der Waals surface area contributed by atoms with Gasteiger partial charge in [-0.1, -0.05) is 0 Å². The average Bonchev–Trinajstić information content (AvgIpc) is 2.86. The summed E-state index contributed by atoms with van der Waals surface area (Å²) in [6.07, 6.45) is 1.53. The molecule has 4 nitrogen and oxygen atoms in total. The van der Waals surface area contributed by atoms with Crippen molar-refractivity contribution in [2.45, 2.75) is 0 Å². The molecule has 0 bridgehead atoms. The van der Waals surface area contributed by atoms with Crippen molar-refractivity contribution >= 4 is 16.8 Å².